The molecule has 1 aromatic rings. The summed E-state index contributed by atoms with van der Waals surface area (Å²) in [5.41, 5.74) is 7.95. The Bertz CT molecular complexity index is 523. The maximum Gasteiger partial charge on any atom is 0.254 e. The van der Waals surface area contributed by atoms with Gasteiger partial charge in [-0.3, -0.25) is 4.79 Å². The average molecular weight is 248 g/mol. The summed E-state index contributed by atoms with van der Waals surface area (Å²) >= 11 is 0. The fourth-order valence-corrected chi connectivity index (χ4v) is 2.05. The topological polar surface area (TPSA) is 46.3 Å². The van der Waals surface area contributed by atoms with Crippen LogP contribution in [-0.4, -0.2) is 23.9 Å². The van der Waals surface area contributed by atoms with E-state index in [2.05, 4.69) is 6.92 Å². The van der Waals surface area contributed by atoms with E-state index in [0.717, 1.165) is 6.42 Å². The molecule has 1 aliphatic heterocycles. The fourth-order valence-electron chi connectivity index (χ4n) is 2.05. The van der Waals surface area contributed by atoms with Crippen LogP contribution in [-0.2, 0) is 0 Å². The molecule has 3 nitrogen and oxygen atoms in total. The Morgan fingerprint density at radius 1 is 1.39 bits per heavy atom. The van der Waals surface area contributed by atoms with Crippen molar-refractivity contribution in [2.75, 3.05) is 18.8 Å². The second kappa shape index (κ2) is 4.80. The largest absolute Gasteiger partial charge is 0.396 e. The molecule has 0 saturated heterocycles. The maximum absolute atomic E-state index is 13.3. The first kappa shape index (κ1) is 12.6. The lowest BCUT2D eigenvalue weighted by Gasteiger charge is -2.26. The van der Waals surface area contributed by atoms with Gasteiger partial charge >= 0.3 is 0 Å². The summed E-state index contributed by atoms with van der Waals surface area (Å²) in [6, 6.07) is 2.74. The molecular formula is C14H17FN2O. The van der Waals surface area contributed by atoms with Crippen molar-refractivity contribution in [2.24, 2.45) is 0 Å². The van der Waals surface area contributed by atoms with Crippen LogP contribution in [0.4, 0.5) is 10.1 Å². The van der Waals surface area contributed by atoms with Gasteiger partial charge in [-0.2, -0.15) is 0 Å². The Kier molecular flexibility index (Phi) is 3.36. The predicted molar refractivity (Wildman–Crippen MR) is 69.8 cm³/mol. The Morgan fingerprint density at radius 2 is 2.11 bits per heavy atom. The number of amides is 1. The molecule has 0 radical (unpaired) electrons. The summed E-state index contributed by atoms with van der Waals surface area (Å²) in [7, 11) is 0. The third kappa shape index (κ3) is 2.37. The van der Waals surface area contributed by atoms with E-state index in [9.17, 15) is 9.18 Å². The van der Waals surface area contributed by atoms with E-state index in [-0.39, 0.29) is 11.6 Å². The Labute approximate surface area is 106 Å². The number of halogens is 1. The molecule has 0 aromatic heterocycles. The van der Waals surface area contributed by atoms with Gasteiger partial charge in [0, 0.05) is 18.7 Å². The van der Waals surface area contributed by atoms with Gasteiger partial charge in [0.2, 0.25) is 0 Å². The van der Waals surface area contributed by atoms with Gasteiger partial charge in [0.15, 0.2) is 0 Å². The number of carbonyl (C=O) groups is 1. The number of nitrogens with two attached hydrogens (primary N) is 1. The first-order valence-electron chi connectivity index (χ1n) is 5.99. The molecule has 1 heterocycles. The van der Waals surface area contributed by atoms with Crippen LogP contribution in [0.25, 0.3) is 0 Å². The quantitative estimate of drug-likeness (QED) is 0.613. The lowest BCUT2D eigenvalue weighted by molar-refractivity contribution is 0.0768. The van der Waals surface area contributed by atoms with Gasteiger partial charge in [0.05, 0.1) is 5.69 Å². The number of hydrogen-bond donors (Lipinski definition) is 1. The highest BCUT2D eigenvalue weighted by atomic mass is 19.1. The summed E-state index contributed by atoms with van der Waals surface area (Å²) < 4.78 is 13.3. The van der Waals surface area contributed by atoms with Gasteiger partial charge in [0.1, 0.15) is 5.82 Å². The van der Waals surface area contributed by atoms with E-state index in [1.54, 1.807) is 11.8 Å². The van der Waals surface area contributed by atoms with E-state index >= 15 is 0 Å². The van der Waals surface area contributed by atoms with Gasteiger partial charge in [-0.05, 0) is 38.0 Å². The van der Waals surface area contributed by atoms with Crippen LogP contribution >= 0.6 is 0 Å². The van der Waals surface area contributed by atoms with Gasteiger partial charge < -0.3 is 10.6 Å². The smallest absolute Gasteiger partial charge is 0.254 e. The lowest BCUT2D eigenvalue weighted by atomic mass is 10.0. The number of rotatable bonds is 1. The van der Waals surface area contributed by atoms with Crippen molar-refractivity contribution in [1.29, 1.82) is 0 Å². The van der Waals surface area contributed by atoms with Crippen molar-refractivity contribution in [3.05, 3.63) is 40.7 Å². The molecule has 96 valence electrons. The molecule has 1 amide bonds. The molecular weight excluding hydrogens is 231 g/mol. The van der Waals surface area contributed by atoms with Gasteiger partial charge in [0.25, 0.3) is 5.91 Å². The monoisotopic (exact) mass is 248 g/mol. The number of nitrogens with zero attached hydrogens (tertiary/aromatic N) is 1. The highest BCUT2D eigenvalue weighted by Crippen LogP contribution is 2.20. The summed E-state index contributed by atoms with van der Waals surface area (Å²) in [5.74, 6) is -0.554. The minimum Gasteiger partial charge on any atom is -0.396 e. The first-order valence-corrected chi connectivity index (χ1v) is 5.99. The molecule has 0 fully saturated rings. The zero-order valence-electron chi connectivity index (χ0n) is 10.7. The Morgan fingerprint density at radius 3 is 2.72 bits per heavy atom. The minimum absolute atomic E-state index is 0.0210. The molecule has 4 heteroatoms. The normalized spacial score (nSPS) is 15.5. The maximum atomic E-state index is 13.3. The zero-order chi connectivity index (χ0) is 13.3. The van der Waals surface area contributed by atoms with E-state index in [4.69, 9.17) is 5.73 Å². The van der Waals surface area contributed by atoms with Crippen LogP contribution in [0.2, 0.25) is 0 Å². The molecule has 0 spiro atoms. The van der Waals surface area contributed by atoms with E-state index in [1.165, 1.54) is 17.7 Å². The number of benzene rings is 1. The molecule has 2 rings (SSSR count). The number of nitrogen functional groups attached to an aromatic ring is 1. The molecule has 2 N–H and O–H groups in total. The summed E-state index contributed by atoms with van der Waals surface area (Å²) in [6.07, 6.45) is 2.94. The van der Waals surface area contributed by atoms with Gasteiger partial charge in [-0.15, -0.1) is 0 Å². The molecule has 1 aromatic carbocycles. The number of anilines is 1. The van der Waals surface area contributed by atoms with Crippen LogP contribution in [0.15, 0.2) is 23.8 Å². The third-order valence-corrected chi connectivity index (χ3v) is 3.30. The van der Waals surface area contributed by atoms with Gasteiger partial charge in [-0.1, -0.05) is 11.6 Å². The van der Waals surface area contributed by atoms with Crippen LogP contribution in [0.5, 0.6) is 0 Å². The van der Waals surface area contributed by atoms with E-state index in [1.807, 2.05) is 6.08 Å². The van der Waals surface area contributed by atoms with Crippen LogP contribution < -0.4 is 5.73 Å². The zero-order valence-corrected chi connectivity index (χ0v) is 10.7. The van der Waals surface area contributed by atoms with Crippen molar-refractivity contribution in [1.82, 2.24) is 4.90 Å². The SMILES string of the molecule is CC1=CCN(C(=O)c2cc(N)c(F)cc2C)CC1. The Balaban J connectivity index is 2.27. The standard InChI is InChI=1S/C14H17FN2O/c1-9-3-5-17(6-4-9)14(18)11-8-13(16)12(15)7-10(11)2/h3,7-8H,4-6,16H2,1-2H3. The summed E-state index contributed by atoms with van der Waals surface area (Å²) in [5, 5.41) is 0. The minimum atomic E-state index is -0.474. The molecule has 1 aliphatic rings. The summed E-state index contributed by atoms with van der Waals surface area (Å²) in [4.78, 5) is 14.1. The number of aryl methyl sites for hydroxylation is 1. The van der Waals surface area contributed by atoms with Crippen molar-refractivity contribution in [3.63, 3.8) is 0 Å². The molecule has 0 unspecified atom stereocenters. The van der Waals surface area contributed by atoms with Crippen molar-refractivity contribution >= 4 is 11.6 Å². The predicted octanol–water partition coefficient (Wildman–Crippen LogP) is 2.51. The third-order valence-electron chi connectivity index (χ3n) is 3.30. The second-order valence-corrected chi connectivity index (χ2v) is 4.74. The van der Waals surface area contributed by atoms with Crippen molar-refractivity contribution < 1.29 is 9.18 Å². The van der Waals surface area contributed by atoms with Crippen LogP contribution in [0, 0.1) is 12.7 Å². The first-order chi connectivity index (χ1) is 8.49. The molecule has 0 aliphatic carbocycles. The van der Waals surface area contributed by atoms with Crippen molar-refractivity contribution in [3.8, 4) is 0 Å². The molecule has 0 bridgehead atoms. The average Bonchev–Trinajstić information content (AvgIpc) is 2.34. The number of hydrogen-bond acceptors (Lipinski definition) is 2. The number of carbonyl (C=O) groups excluding carboxylic acids is 1. The van der Waals surface area contributed by atoms with Crippen LogP contribution in [0.3, 0.4) is 0 Å². The van der Waals surface area contributed by atoms with E-state index < -0.39 is 5.82 Å². The van der Waals surface area contributed by atoms with Gasteiger partial charge in [-0.25, -0.2) is 4.39 Å². The Hall–Kier alpha value is -1.84. The molecule has 0 atom stereocenters. The van der Waals surface area contributed by atoms with Crippen LogP contribution in [0.1, 0.15) is 29.3 Å². The fraction of sp³-hybridized carbons (Fsp3) is 0.357. The summed E-state index contributed by atoms with van der Waals surface area (Å²) in [6.45, 7) is 5.10. The van der Waals surface area contributed by atoms with Crippen molar-refractivity contribution in [2.45, 2.75) is 20.3 Å². The lowest BCUT2D eigenvalue weighted by Crippen LogP contribution is -2.35. The van der Waals surface area contributed by atoms with E-state index in [0.29, 0.717) is 24.2 Å². The highest BCUT2D eigenvalue weighted by Gasteiger charge is 2.20. The highest BCUT2D eigenvalue weighted by molar-refractivity contribution is 5.96. The molecule has 0 saturated carbocycles. The molecule has 18 heavy (non-hydrogen) atoms. The second-order valence-electron chi connectivity index (χ2n) is 4.74.